The maximum Gasteiger partial charge on any atom is 0.328 e. The minimum Gasteiger partial charge on any atom is -0.478 e. The van der Waals surface area contributed by atoms with E-state index in [1.807, 2.05) is 0 Å². The van der Waals surface area contributed by atoms with Crippen molar-refractivity contribution in [3.63, 3.8) is 0 Å². The van der Waals surface area contributed by atoms with Crippen molar-refractivity contribution in [1.82, 2.24) is 0 Å². The number of halogens is 2. The molecule has 0 spiro atoms. The summed E-state index contributed by atoms with van der Waals surface area (Å²) in [5, 5.41) is 19.0. The van der Waals surface area contributed by atoms with Gasteiger partial charge in [0.05, 0.1) is 10.5 Å². The summed E-state index contributed by atoms with van der Waals surface area (Å²) in [7, 11) is 0. The number of rotatable bonds is 3. The fourth-order valence-corrected chi connectivity index (χ4v) is 1.51. The number of aliphatic carboxylic acids is 1. The number of carbonyl (C=O) groups is 1. The van der Waals surface area contributed by atoms with E-state index in [2.05, 4.69) is 15.9 Å². The van der Waals surface area contributed by atoms with Gasteiger partial charge in [0, 0.05) is 10.5 Å². The van der Waals surface area contributed by atoms with Crippen LogP contribution in [0.3, 0.4) is 0 Å². The molecular weight excluding hydrogens is 285 g/mol. The van der Waals surface area contributed by atoms with Gasteiger partial charge in [-0.25, -0.2) is 4.79 Å². The average Bonchev–Trinajstić information content (AvgIpc) is 2.18. The Morgan fingerprint density at radius 3 is 2.69 bits per heavy atom. The topological polar surface area (TPSA) is 80.4 Å². The van der Waals surface area contributed by atoms with E-state index in [1.54, 1.807) is 0 Å². The Morgan fingerprint density at radius 2 is 2.19 bits per heavy atom. The maximum absolute atomic E-state index is 13.2. The molecule has 1 aromatic carbocycles. The highest BCUT2D eigenvalue weighted by Crippen LogP contribution is 2.30. The van der Waals surface area contributed by atoms with Crippen molar-refractivity contribution < 1.29 is 19.2 Å². The molecule has 0 unspecified atom stereocenters. The third kappa shape index (κ3) is 2.63. The number of nitrogens with zero attached hydrogens (tertiary/aromatic N) is 1. The van der Waals surface area contributed by atoms with Gasteiger partial charge in [-0.1, -0.05) is 0 Å². The van der Waals surface area contributed by atoms with Crippen molar-refractivity contribution in [3.8, 4) is 0 Å². The number of hydrogen-bond donors (Lipinski definition) is 1. The van der Waals surface area contributed by atoms with Crippen molar-refractivity contribution in [2.75, 3.05) is 0 Å². The Balaban J connectivity index is 3.40. The van der Waals surface area contributed by atoms with Crippen LogP contribution in [-0.2, 0) is 4.79 Å². The summed E-state index contributed by atoms with van der Waals surface area (Å²) in [6.45, 7) is 0. The van der Waals surface area contributed by atoms with Crippen LogP contribution in [-0.4, -0.2) is 16.0 Å². The SMILES string of the molecule is O=C(O)/C=C/c1c(Br)ccc(F)c1[N+](=O)[O-]. The van der Waals surface area contributed by atoms with Crippen LogP contribution in [0.1, 0.15) is 5.56 Å². The molecule has 7 heteroatoms. The number of benzene rings is 1. The monoisotopic (exact) mass is 289 g/mol. The number of carboxylic acid groups (broad SMARTS) is 1. The minimum atomic E-state index is -1.27. The highest BCUT2D eigenvalue weighted by molar-refractivity contribution is 9.10. The van der Waals surface area contributed by atoms with Gasteiger partial charge in [-0.2, -0.15) is 4.39 Å². The second-order valence-electron chi connectivity index (χ2n) is 2.72. The smallest absolute Gasteiger partial charge is 0.328 e. The quantitative estimate of drug-likeness (QED) is 0.527. The van der Waals surface area contributed by atoms with Crippen LogP contribution >= 0.6 is 15.9 Å². The molecule has 0 radical (unpaired) electrons. The highest BCUT2D eigenvalue weighted by Gasteiger charge is 2.20. The van der Waals surface area contributed by atoms with Crippen LogP contribution < -0.4 is 0 Å². The fourth-order valence-electron chi connectivity index (χ4n) is 1.06. The Labute approximate surface area is 97.5 Å². The van der Waals surface area contributed by atoms with E-state index < -0.39 is 22.4 Å². The third-order valence-corrected chi connectivity index (χ3v) is 2.38. The van der Waals surface area contributed by atoms with Gasteiger partial charge in [0.1, 0.15) is 0 Å². The second-order valence-corrected chi connectivity index (χ2v) is 3.57. The number of carboxylic acids is 1. The Kier molecular flexibility index (Phi) is 3.73. The van der Waals surface area contributed by atoms with Crippen molar-refractivity contribution in [1.29, 1.82) is 0 Å². The predicted octanol–water partition coefficient (Wildman–Crippen LogP) is 2.59. The summed E-state index contributed by atoms with van der Waals surface area (Å²) in [6, 6.07) is 2.20. The van der Waals surface area contributed by atoms with Crippen LogP contribution in [0.15, 0.2) is 22.7 Å². The molecule has 0 aliphatic carbocycles. The molecule has 0 saturated carbocycles. The van der Waals surface area contributed by atoms with Gasteiger partial charge in [-0.3, -0.25) is 10.1 Å². The molecule has 1 rings (SSSR count). The van der Waals surface area contributed by atoms with Crippen LogP contribution in [0.25, 0.3) is 6.08 Å². The van der Waals surface area contributed by atoms with Crippen molar-refractivity contribution in [2.45, 2.75) is 0 Å². The van der Waals surface area contributed by atoms with E-state index in [4.69, 9.17) is 5.11 Å². The second kappa shape index (κ2) is 4.84. The van der Waals surface area contributed by atoms with Gasteiger partial charge < -0.3 is 5.11 Å². The first-order chi connectivity index (χ1) is 7.43. The molecular formula is C9H5BrFNO4. The molecule has 16 heavy (non-hydrogen) atoms. The van der Waals surface area contributed by atoms with Gasteiger partial charge in [0.15, 0.2) is 0 Å². The Bertz CT molecular complexity index is 487. The standard InChI is InChI=1S/C9H5BrFNO4/c10-6-2-3-7(11)9(12(15)16)5(6)1-4-8(13)14/h1-4H,(H,13,14)/b4-1+. The number of nitro groups is 1. The lowest BCUT2D eigenvalue weighted by Crippen LogP contribution is -1.97. The van der Waals surface area contributed by atoms with Crippen LogP contribution in [0.4, 0.5) is 10.1 Å². The van der Waals surface area contributed by atoms with E-state index in [0.717, 1.165) is 12.1 Å². The van der Waals surface area contributed by atoms with Crippen LogP contribution in [0, 0.1) is 15.9 Å². The Hall–Kier alpha value is -1.76. The van der Waals surface area contributed by atoms with Crippen molar-refractivity contribution in [2.24, 2.45) is 0 Å². The highest BCUT2D eigenvalue weighted by atomic mass is 79.9. The van der Waals surface area contributed by atoms with E-state index in [0.29, 0.717) is 6.08 Å². The van der Waals surface area contributed by atoms with E-state index in [9.17, 15) is 19.3 Å². The summed E-state index contributed by atoms with van der Waals surface area (Å²) >= 11 is 2.98. The molecule has 0 atom stereocenters. The summed E-state index contributed by atoms with van der Waals surface area (Å²) in [5.41, 5.74) is -0.876. The molecule has 0 saturated heterocycles. The molecule has 0 aliphatic heterocycles. The first-order valence-electron chi connectivity index (χ1n) is 3.97. The summed E-state index contributed by atoms with van der Waals surface area (Å²) in [6.07, 6.45) is 1.67. The fraction of sp³-hybridized carbons (Fsp3) is 0. The largest absolute Gasteiger partial charge is 0.478 e. The lowest BCUT2D eigenvalue weighted by atomic mass is 10.1. The van der Waals surface area contributed by atoms with E-state index in [1.165, 1.54) is 6.07 Å². The van der Waals surface area contributed by atoms with Gasteiger partial charge in [0.2, 0.25) is 5.82 Å². The third-order valence-electron chi connectivity index (χ3n) is 1.69. The molecule has 0 bridgehead atoms. The van der Waals surface area contributed by atoms with E-state index >= 15 is 0 Å². The van der Waals surface area contributed by atoms with Gasteiger partial charge in [0.25, 0.3) is 0 Å². The molecule has 0 amide bonds. The molecule has 0 heterocycles. The van der Waals surface area contributed by atoms with E-state index in [-0.39, 0.29) is 10.0 Å². The lowest BCUT2D eigenvalue weighted by molar-refractivity contribution is -0.387. The molecule has 1 N–H and O–H groups in total. The first-order valence-corrected chi connectivity index (χ1v) is 4.76. The zero-order valence-corrected chi connectivity index (χ0v) is 9.27. The Morgan fingerprint density at radius 1 is 1.56 bits per heavy atom. The van der Waals surface area contributed by atoms with Crippen molar-refractivity contribution >= 4 is 33.7 Å². The zero-order chi connectivity index (χ0) is 12.3. The van der Waals surface area contributed by atoms with Gasteiger partial charge in [-0.05, 0) is 34.1 Å². The number of hydrogen-bond acceptors (Lipinski definition) is 3. The summed E-state index contributed by atoms with van der Waals surface area (Å²) in [5.74, 6) is -2.29. The molecule has 84 valence electrons. The maximum atomic E-state index is 13.2. The normalized spacial score (nSPS) is 10.6. The van der Waals surface area contributed by atoms with Crippen LogP contribution in [0.5, 0.6) is 0 Å². The van der Waals surface area contributed by atoms with Crippen molar-refractivity contribution in [3.05, 3.63) is 44.2 Å². The average molecular weight is 290 g/mol. The molecule has 0 aliphatic rings. The lowest BCUT2D eigenvalue weighted by Gasteiger charge is -2.01. The predicted molar refractivity (Wildman–Crippen MR) is 57.4 cm³/mol. The summed E-state index contributed by atoms with van der Waals surface area (Å²) in [4.78, 5) is 20.0. The molecule has 5 nitrogen and oxygen atoms in total. The summed E-state index contributed by atoms with van der Waals surface area (Å²) < 4.78 is 13.4. The molecule has 0 aromatic heterocycles. The number of nitro benzene ring substituents is 1. The minimum absolute atomic E-state index is 0.118. The zero-order valence-electron chi connectivity index (χ0n) is 7.68. The molecule has 0 fully saturated rings. The first kappa shape index (κ1) is 12.3. The van der Waals surface area contributed by atoms with Crippen LogP contribution in [0.2, 0.25) is 0 Å². The molecule has 1 aromatic rings. The van der Waals surface area contributed by atoms with Gasteiger partial charge >= 0.3 is 11.7 Å². The van der Waals surface area contributed by atoms with Gasteiger partial charge in [-0.15, -0.1) is 0 Å².